The zero-order valence-electron chi connectivity index (χ0n) is 13.3. The van der Waals surface area contributed by atoms with Crippen LogP contribution in [0.25, 0.3) is 11.0 Å². The Bertz CT molecular complexity index is 860. The van der Waals surface area contributed by atoms with Gasteiger partial charge in [0.25, 0.3) is 5.91 Å². The standard InChI is InChI=1S/C17H17N5OS/c1-2-22-15-8-4-3-7-14(15)20-17(22)24-12-16(23)21-19-11-13-6-5-9-18-10-13/h3-11H,2,12H2,1H3,(H,21,23)/p+1. The molecule has 0 aliphatic rings. The molecule has 1 aromatic carbocycles. The van der Waals surface area contributed by atoms with Crippen molar-refractivity contribution >= 4 is 34.9 Å². The number of fused-ring (bicyclic) bond motifs is 1. The van der Waals surface area contributed by atoms with Crippen LogP contribution in [0.1, 0.15) is 12.5 Å². The molecule has 0 saturated carbocycles. The van der Waals surface area contributed by atoms with E-state index in [2.05, 4.69) is 38.1 Å². The maximum atomic E-state index is 11.9. The number of benzene rings is 1. The number of imidazole rings is 1. The van der Waals surface area contributed by atoms with Gasteiger partial charge in [-0.25, -0.2) is 15.0 Å². The van der Waals surface area contributed by atoms with Crippen LogP contribution in [0.5, 0.6) is 0 Å². The Morgan fingerprint density at radius 1 is 1.38 bits per heavy atom. The number of pyridine rings is 1. The maximum Gasteiger partial charge on any atom is 0.317 e. The lowest BCUT2D eigenvalue weighted by Crippen LogP contribution is -2.34. The fraction of sp³-hybridized carbons (Fsp3) is 0.176. The van der Waals surface area contributed by atoms with Crippen molar-refractivity contribution in [3.63, 3.8) is 0 Å². The van der Waals surface area contributed by atoms with Crippen molar-refractivity contribution in [3.8, 4) is 0 Å². The summed E-state index contributed by atoms with van der Waals surface area (Å²) in [5.74, 6) is 0.137. The third-order valence-electron chi connectivity index (χ3n) is 3.43. The Morgan fingerprint density at radius 3 is 3.04 bits per heavy atom. The summed E-state index contributed by atoms with van der Waals surface area (Å²) in [5.41, 5.74) is 5.57. The summed E-state index contributed by atoms with van der Waals surface area (Å²) in [6.45, 7) is 2.93. The Morgan fingerprint density at radius 2 is 2.25 bits per heavy atom. The number of amides is 1. The smallest absolute Gasteiger partial charge is 0.272 e. The Hall–Kier alpha value is -2.67. The number of hydrazone groups is 1. The first-order valence-corrected chi connectivity index (χ1v) is 8.61. The highest BCUT2D eigenvalue weighted by Gasteiger charge is 2.18. The number of para-hydroxylation sites is 2. The molecule has 0 unspecified atom stereocenters. The number of hydrogen-bond acceptors (Lipinski definition) is 4. The normalized spacial score (nSPS) is 11.2. The van der Waals surface area contributed by atoms with Crippen LogP contribution in [0.3, 0.4) is 0 Å². The summed E-state index contributed by atoms with van der Waals surface area (Å²) >= 11 is 1.46. The first kappa shape index (κ1) is 16.2. The van der Waals surface area contributed by atoms with Crippen molar-refractivity contribution in [2.24, 2.45) is 5.10 Å². The Balaban J connectivity index is 1.59. The van der Waals surface area contributed by atoms with E-state index in [1.54, 1.807) is 18.6 Å². The van der Waals surface area contributed by atoms with Crippen molar-refractivity contribution in [1.82, 2.24) is 15.4 Å². The number of aryl methyl sites for hydroxylation is 1. The highest BCUT2D eigenvalue weighted by molar-refractivity contribution is 7.99. The number of nitrogens with one attached hydrogen (secondary N) is 2. The van der Waals surface area contributed by atoms with Gasteiger partial charge in [0.2, 0.25) is 0 Å². The van der Waals surface area contributed by atoms with Crippen LogP contribution in [-0.2, 0) is 11.3 Å². The minimum absolute atomic E-state index is 0.151. The number of carbonyl (C=O) groups excluding carboxylic acids is 1. The van der Waals surface area contributed by atoms with E-state index in [9.17, 15) is 4.79 Å². The van der Waals surface area contributed by atoms with Crippen LogP contribution < -0.4 is 9.99 Å². The maximum absolute atomic E-state index is 11.9. The number of aromatic amines is 1. The third-order valence-corrected chi connectivity index (χ3v) is 4.43. The average molecular weight is 340 g/mol. The molecule has 3 rings (SSSR count). The molecule has 0 saturated heterocycles. The number of rotatable bonds is 6. The quantitative estimate of drug-likeness (QED) is 0.312. The molecule has 2 N–H and O–H groups in total. The molecule has 0 fully saturated rings. The molecule has 0 atom stereocenters. The molecule has 0 radical (unpaired) electrons. The van der Waals surface area contributed by atoms with Crippen LogP contribution in [0, 0.1) is 0 Å². The zero-order chi connectivity index (χ0) is 16.8. The number of hydrogen-bond donors (Lipinski definition) is 2. The Labute approximate surface area is 144 Å². The van der Waals surface area contributed by atoms with Crippen molar-refractivity contribution in [2.45, 2.75) is 18.6 Å². The molecular formula is C17H18N5OS+. The predicted octanol–water partition coefficient (Wildman–Crippen LogP) is 2.11. The number of carbonyl (C=O) groups is 1. The predicted molar refractivity (Wildman–Crippen MR) is 94.9 cm³/mol. The van der Waals surface area contributed by atoms with Crippen LogP contribution in [0.2, 0.25) is 0 Å². The van der Waals surface area contributed by atoms with Crippen molar-refractivity contribution in [1.29, 1.82) is 0 Å². The van der Waals surface area contributed by atoms with Gasteiger partial charge in [-0.1, -0.05) is 18.2 Å². The van der Waals surface area contributed by atoms with Crippen LogP contribution in [-0.4, -0.2) is 27.8 Å². The van der Waals surface area contributed by atoms with Gasteiger partial charge in [0.15, 0.2) is 11.0 Å². The molecule has 3 aromatic rings. The molecule has 7 heteroatoms. The molecular weight excluding hydrogens is 322 g/mol. The van der Waals surface area contributed by atoms with Gasteiger partial charge in [0, 0.05) is 18.0 Å². The molecule has 0 spiro atoms. The van der Waals surface area contributed by atoms with Crippen LogP contribution >= 0.6 is 11.8 Å². The summed E-state index contributed by atoms with van der Waals surface area (Å²) in [6, 6.07) is 11.8. The molecule has 24 heavy (non-hydrogen) atoms. The summed E-state index contributed by atoms with van der Waals surface area (Å²) in [7, 11) is 0. The van der Waals surface area contributed by atoms with E-state index in [0.29, 0.717) is 0 Å². The minimum atomic E-state index is -0.151. The number of nitrogens with zero attached hydrogens (tertiary/aromatic N) is 3. The lowest BCUT2D eigenvalue weighted by Gasteiger charge is -1.99. The lowest BCUT2D eigenvalue weighted by atomic mass is 10.3. The van der Waals surface area contributed by atoms with Gasteiger partial charge in [-0.3, -0.25) is 9.78 Å². The second-order valence-corrected chi connectivity index (χ2v) is 6.02. The SMILES string of the molecule is CC[n+]1c(SCC(=O)NN=Cc2cccnc2)[nH]c2ccccc21. The largest absolute Gasteiger partial charge is 0.317 e. The second kappa shape index (κ2) is 7.74. The minimum Gasteiger partial charge on any atom is -0.272 e. The fourth-order valence-corrected chi connectivity index (χ4v) is 3.23. The molecule has 2 heterocycles. The zero-order valence-corrected chi connectivity index (χ0v) is 14.1. The summed E-state index contributed by atoms with van der Waals surface area (Å²) in [5, 5.41) is 4.91. The Kier molecular flexibility index (Phi) is 5.22. The first-order valence-electron chi connectivity index (χ1n) is 7.63. The van der Waals surface area contributed by atoms with Gasteiger partial charge in [-0.2, -0.15) is 5.10 Å². The van der Waals surface area contributed by atoms with E-state index >= 15 is 0 Å². The highest BCUT2D eigenvalue weighted by Crippen LogP contribution is 2.17. The number of aromatic nitrogens is 3. The van der Waals surface area contributed by atoms with E-state index < -0.39 is 0 Å². The van der Waals surface area contributed by atoms with Crippen molar-refractivity contribution in [3.05, 3.63) is 54.4 Å². The van der Waals surface area contributed by atoms with Gasteiger partial charge < -0.3 is 0 Å². The van der Waals surface area contributed by atoms with Gasteiger partial charge in [0.1, 0.15) is 0 Å². The van der Waals surface area contributed by atoms with E-state index in [-0.39, 0.29) is 11.7 Å². The van der Waals surface area contributed by atoms with E-state index in [4.69, 9.17) is 0 Å². The summed E-state index contributed by atoms with van der Waals surface area (Å²) in [6.07, 6.45) is 4.94. The molecule has 0 bridgehead atoms. The number of H-pyrrole nitrogens is 1. The molecule has 6 nitrogen and oxygen atoms in total. The third kappa shape index (κ3) is 3.80. The van der Waals surface area contributed by atoms with E-state index in [1.165, 1.54) is 11.8 Å². The highest BCUT2D eigenvalue weighted by atomic mass is 32.2. The molecule has 122 valence electrons. The van der Waals surface area contributed by atoms with E-state index in [0.717, 1.165) is 28.3 Å². The van der Waals surface area contributed by atoms with Crippen LogP contribution in [0.15, 0.2) is 59.0 Å². The first-order chi connectivity index (χ1) is 11.8. The van der Waals surface area contributed by atoms with Crippen molar-refractivity contribution in [2.75, 3.05) is 5.75 Å². The van der Waals surface area contributed by atoms with Crippen LogP contribution in [0.4, 0.5) is 0 Å². The second-order valence-electron chi connectivity index (χ2n) is 5.06. The van der Waals surface area contributed by atoms with Gasteiger partial charge in [-0.15, -0.1) is 0 Å². The molecule has 0 aliphatic carbocycles. The molecule has 0 aliphatic heterocycles. The molecule has 1 amide bonds. The number of thioether (sulfide) groups is 1. The fourth-order valence-electron chi connectivity index (χ4n) is 2.33. The van der Waals surface area contributed by atoms with Gasteiger partial charge >= 0.3 is 5.16 Å². The summed E-state index contributed by atoms with van der Waals surface area (Å²) < 4.78 is 2.16. The molecule has 2 aromatic heterocycles. The monoisotopic (exact) mass is 340 g/mol. The van der Waals surface area contributed by atoms with E-state index in [1.807, 2.05) is 30.3 Å². The summed E-state index contributed by atoms with van der Waals surface area (Å²) in [4.78, 5) is 19.3. The lowest BCUT2D eigenvalue weighted by molar-refractivity contribution is -0.705. The topological polar surface area (TPSA) is 74.0 Å². The van der Waals surface area contributed by atoms with Crippen molar-refractivity contribution < 1.29 is 9.36 Å². The van der Waals surface area contributed by atoms with Gasteiger partial charge in [0.05, 0.1) is 18.5 Å². The average Bonchev–Trinajstić information content (AvgIpc) is 2.98. The van der Waals surface area contributed by atoms with Gasteiger partial charge in [-0.05, 0) is 36.9 Å².